The van der Waals surface area contributed by atoms with Gasteiger partial charge in [-0.15, -0.1) is 24.0 Å². The van der Waals surface area contributed by atoms with Crippen LogP contribution in [-0.4, -0.2) is 76.7 Å². The van der Waals surface area contributed by atoms with E-state index in [1.54, 1.807) is 21.0 Å². The molecule has 0 aliphatic rings. The number of hydrogen-bond acceptors (Lipinski definition) is 4. The van der Waals surface area contributed by atoms with Gasteiger partial charge in [0.05, 0.1) is 12.3 Å². The Labute approximate surface area is 174 Å². The van der Waals surface area contributed by atoms with Gasteiger partial charge < -0.3 is 15.0 Å². The molecule has 9 heteroatoms. The zero-order valence-corrected chi connectivity index (χ0v) is 19.2. The highest BCUT2D eigenvalue weighted by Crippen LogP contribution is 2.07. The number of guanidine groups is 1. The van der Waals surface area contributed by atoms with Crippen molar-refractivity contribution in [3.05, 3.63) is 30.3 Å². The molecule has 1 aromatic rings. The first-order valence-electron chi connectivity index (χ1n) is 8.44. The van der Waals surface area contributed by atoms with E-state index in [9.17, 15) is 8.42 Å². The molecule has 0 heterocycles. The Bertz CT molecular complexity index is 626. The van der Waals surface area contributed by atoms with Gasteiger partial charge in [0, 0.05) is 34.2 Å². The first-order valence-corrected chi connectivity index (χ1v) is 10.0. The van der Waals surface area contributed by atoms with Gasteiger partial charge in [-0.3, -0.25) is 4.99 Å². The van der Waals surface area contributed by atoms with Crippen LogP contribution in [0, 0.1) is 0 Å². The summed E-state index contributed by atoms with van der Waals surface area (Å²) in [5.41, 5.74) is 0. The summed E-state index contributed by atoms with van der Waals surface area (Å²) in [6.07, 6.45) is 0.711. The number of halogens is 1. The van der Waals surface area contributed by atoms with Gasteiger partial charge in [0.1, 0.15) is 12.4 Å². The predicted molar refractivity (Wildman–Crippen MR) is 118 cm³/mol. The lowest BCUT2D eigenvalue weighted by molar-refractivity contribution is 0.281. The second kappa shape index (κ2) is 13.2. The highest BCUT2D eigenvalue weighted by molar-refractivity contribution is 14.0. The number of nitrogens with one attached hydrogen (secondary N) is 1. The molecule has 0 amide bonds. The van der Waals surface area contributed by atoms with Gasteiger partial charge in [0.25, 0.3) is 0 Å². The quantitative estimate of drug-likeness (QED) is 0.231. The molecule has 26 heavy (non-hydrogen) atoms. The molecular weight excluding hydrogens is 467 g/mol. The normalized spacial score (nSPS) is 11.8. The zero-order valence-electron chi connectivity index (χ0n) is 16.0. The monoisotopic (exact) mass is 498 g/mol. The lowest BCUT2D eigenvalue weighted by atomic mass is 10.3. The van der Waals surface area contributed by atoms with Crippen LogP contribution in [0.25, 0.3) is 0 Å². The molecule has 150 valence electrons. The van der Waals surface area contributed by atoms with E-state index in [0.717, 1.165) is 11.7 Å². The number of nitrogens with zero attached hydrogens (tertiary/aromatic N) is 3. The average molecular weight is 498 g/mol. The van der Waals surface area contributed by atoms with Gasteiger partial charge in [0.15, 0.2) is 5.96 Å². The van der Waals surface area contributed by atoms with Gasteiger partial charge in [-0.05, 0) is 25.5 Å². The molecule has 0 radical (unpaired) electrons. The van der Waals surface area contributed by atoms with Crippen molar-refractivity contribution in [1.29, 1.82) is 0 Å². The van der Waals surface area contributed by atoms with E-state index in [4.69, 9.17) is 4.74 Å². The lowest BCUT2D eigenvalue weighted by Gasteiger charge is -2.22. The third-order valence-electron chi connectivity index (χ3n) is 3.78. The van der Waals surface area contributed by atoms with E-state index in [1.165, 1.54) is 4.31 Å². The summed E-state index contributed by atoms with van der Waals surface area (Å²) in [5, 5.41) is 3.24. The third-order valence-corrected chi connectivity index (χ3v) is 5.65. The van der Waals surface area contributed by atoms with Gasteiger partial charge in [-0.25, -0.2) is 12.7 Å². The molecule has 0 atom stereocenters. The summed E-state index contributed by atoms with van der Waals surface area (Å²) >= 11 is 0. The Morgan fingerprint density at radius 3 is 2.42 bits per heavy atom. The van der Waals surface area contributed by atoms with E-state index in [1.807, 2.05) is 42.3 Å². The predicted octanol–water partition coefficient (Wildman–Crippen LogP) is 1.86. The van der Waals surface area contributed by atoms with Crippen LogP contribution in [0.3, 0.4) is 0 Å². The fourth-order valence-electron chi connectivity index (χ4n) is 2.17. The highest BCUT2D eigenvalue weighted by atomic mass is 127. The molecule has 0 saturated carbocycles. The van der Waals surface area contributed by atoms with Crippen molar-refractivity contribution in [1.82, 2.24) is 14.5 Å². The van der Waals surface area contributed by atoms with Crippen LogP contribution in [0.15, 0.2) is 35.3 Å². The second-order valence-electron chi connectivity index (χ2n) is 5.63. The summed E-state index contributed by atoms with van der Waals surface area (Å²) in [6.45, 7) is 4.04. The van der Waals surface area contributed by atoms with E-state index < -0.39 is 10.0 Å². The Kier molecular flexibility index (Phi) is 12.6. The van der Waals surface area contributed by atoms with Crippen molar-refractivity contribution in [3.8, 4) is 5.75 Å². The zero-order chi connectivity index (χ0) is 18.7. The Morgan fingerprint density at radius 2 is 1.85 bits per heavy atom. The van der Waals surface area contributed by atoms with E-state index in [-0.39, 0.29) is 29.7 Å². The van der Waals surface area contributed by atoms with Crippen LogP contribution < -0.4 is 10.1 Å². The molecule has 7 nitrogen and oxygen atoms in total. The number of likely N-dealkylation sites (N-methyl/N-ethyl adjacent to an activating group) is 1. The van der Waals surface area contributed by atoms with Crippen LogP contribution >= 0.6 is 24.0 Å². The number of hydrogen-bond donors (Lipinski definition) is 1. The molecule has 0 aromatic heterocycles. The minimum atomic E-state index is -3.11. The smallest absolute Gasteiger partial charge is 0.213 e. The van der Waals surface area contributed by atoms with Gasteiger partial charge in [-0.2, -0.15) is 0 Å². The average Bonchev–Trinajstić information content (AvgIpc) is 2.62. The van der Waals surface area contributed by atoms with Crippen LogP contribution in [-0.2, 0) is 10.0 Å². The molecule has 1 rings (SSSR count). The third kappa shape index (κ3) is 9.04. The first-order chi connectivity index (χ1) is 11.9. The van der Waals surface area contributed by atoms with Crippen molar-refractivity contribution >= 4 is 40.0 Å². The largest absolute Gasteiger partial charge is 0.492 e. The maximum atomic E-state index is 11.7. The first kappa shape index (κ1) is 24.9. The number of ether oxygens (including phenoxy) is 1. The minimum Gasteiger partial charge on any atom is -0.492 e. The van der Waals surface area contributed by atoms with Crippen molar-refractivity contribution in [2.45, 2.75) is 13.3 Å². The number of aliphatic imine (C=N–C) groups is 1. The summed E-state index contributed by atoms with van der Waals surface area (Å²) < 4.78 is 30.5. The minimum absolute atomic E-state index is 0. The molecule has 0 spiro atoms. The van der Waals surface area contributed by atoms with Crippen molar-refractivity contribution in [2.24, 2.45) is 4.99 Å². The fraction of sp³-hybridized carbons (Fsp3) is 0.588. The Morgan fingerprint density at radius 1 is 1.19 bits per heavy atom. The van der Waals surface area contributed by atoms with Crippen LogP contribution in [0.2, 0.25) is 0 Å². The van der Waals surface area contributed by atoms with E-state index >= 15 is 0 Å². The maximum Gasteiger partial charge on any atom is 0.213 e. The molecule has 0 aliphatic carbocycles. The SMILES string of the molecule is CCS(=O)(=O)N(C)CCCNC(=NC)N(C)CCOc1ccccc1.I. The molecule has 0 fully saturated rings. The number of para-hydroxylation sites is 1. The molecule has 1 N–H and O–H groups in total. The van der Waals surface area contributed by atoms with Crippen molar-refractivity contribution in [2.75, 3.05) is 53.1 Å². The molecular formula is C17H31IN4O3S. The summed E-state index contributed by atoms with van der Waals surface area (Å²) in [4.78, 5) is 6.22. The molecule has 0 unspecified atom stereocenters. The molecule has 1 aromatic carbocycles. The molecule has 0 aliphatic heterocycles. The van der Waals surface area contributed by atoms with Gasteiger partial charge >= 0.3 is 0 Å². The molecule has 0 bridgehead atoms. The summed E-state index contributed by atoms with van der Waals surface area (Å²) in [6, 6.07) is 9.68. The lowest BCUT2D eigenvalue weighted by Crippen LogP contribution is -2.42. The maximum absolute atomic E-state index is 11.7. The number of rotatable bonds is 10. The van der Waals surface area contributed by atoms with Crippen LogP contribution in [0.5, 0.6) is 5.75 Å². The van der Waals surface area contributed by atoms with Crippen molar-refractivity contribution in [3.63, 3.8) is 0 Å². The van der Waals surface area contributed by atoms with Gasteiger partial charge in [-0.1, -0.05) is 18.2 Å². The topological polar surface area (TPSA) is 74.2 Å². The van der Waals surface area contributed by atoms with Gasteiger partial charge in [0.2, 0.25) is 10.0 Å². The fourth-order valence-corrected chi connectivity index (χ4v) is 3.02. The second-order valence-corrected chi connectivity index (χ2v) is 8.00. The van der Waals surface area contributed by atoms with Crippen LogP contribution in [0.1, 0.15) is 13.3 Å². The highest BCUT2D eigenvalue weighted by Gasteiger charge is 2.14. The molecule has 0 saturated heterocycles. The standard InChI is InChI=1S/C17H30N4O3S.HI/c1-5-25(22,23)21(4)13-9-12-19-17(18-2)20(3)14-15-24-16-10-7-6-8-11-16;/h6-8,10-11H,5,9,12-15H2,1-4H3,(H,18,19);1H. The number of benzene rings is 1. The summed E-state index contributed by atoms with van der Waals surface area (Å²) in [5.74, 6) is 1.74. The Hall–Kier alpha value is -1.07. The van der Waals surface area contributed by atoms with E-state index in [2.05, 4.69) is 10.3 Å². The van der Waals surface area contributed by atoms with E-state index in [0.29, 0.717) is 32.7 Å². The summed E-state index contributed by atoms with van der Waals surface area (Å²) in [7, 11) is 2.17. The van der Waals surface area contributed by atoms with Crippen LogP contribution in [0.4, 0.5) is 0 Å². The van der Waals surface area contributed by atoms with Crippen molar-refractivity contribution < 1.29 is 13.2 Å². The number of sulfonamides is 1. The Balaban J connectivity index is 0.00000625.